The van der Waals surface area contributed by atoms with Crippen molar-refractivity contribution in [2.45, 2.75) is 25.8 Å². The maximum Gasteiger partial charge on any atom is 0.0991 e. The van der Waals surface area contributed by atoms with Crippen molar-refractivity contribution in [1.29, 1.82) is 0 Å². The van der Waals surface area contributed by atoms with Crippen LogP contribution in [0.1, 0.15) is 31.4 Å². The number of ether oxygens (including phenoxy) is 1. The molecule has 0 saturated carbocycles. The summed E-state index contributed by atoms with van der Waals surface area (Å²) in [6.45, 7) is 3.88. The summed E-state index contributed by atoms with van der Waals surface area (Å²) in [6, 6.07) is 2.18. The van der Waals surface area contributed by atoms with Crippen LogP contribution in [-0.2, 0) is 4.74 Å². The minimum Gasteiger partial charge on any atom is -0.385 e. The second-order valence-electron chi connectivity index (χ2n) is 3.66. The summed E-state index contributed by atoms with van der Waals surface area (Å²) in [7, 11) is 1.73. The molecule has 1 N–H and O–H groups in total. The molecule has 0 radical (unpaired) electrons. The summed E-state index contributed by atoms with van der Waals surface area (Å²) in [5.41, 5.74) is 1.09. The van der Waals surface area contributed by atoms with Gasteiger partial charge in [0.2, 0.25) is 0 Å². The zero-order valence-electron chi connectivity index (χ0n) is 9.56. The van der Waals surface area contributed by atoms with Gasteiger partial charge in [-0.15, -0.1) is 11.3 Å². The van der Waals surface area contributed by atoms with Crippen LogP contribution in [0.5, 0.6) is 0 Å². The van der Waals surface area contributed by atoms with Crippen molar-refractivity contribution in [3.8, 4) is 0 Å². The molecule has 0 bridgehead atoms. The number of halogens is 2. The van der Waals surface area contributed by atoms with Gasteiger partial charge < -0.3 is 10.1 Å². The quantitative estimate of drug-likeness (QED) is 0.759. The van der Waals surface area contributed by atoms with Crippen molar-refractivity contribution < 1.29 is 4.74 Å². The van der Waals surface area contributed by atoms with Gasteiger partial charge in [0, 0.05) is 19.8 Å². The van der Waals surface area contributed by atoms with Crippen LogP contribution < -0.4 is 5.32 Å². The fourth-order valence-electron chi connectivity index (χ4n) is 1.45. The largest absolute Gasteiger partial charge is 0.385 e. The number of thiophene rings is 1. The minimum absolute atomic E-state index is 0.249. The molecule has 1 aromatic heterocycles. The second kappa shape index (κ2) is 7.51. The molecule has 0 aliphatic rings. The SMILES string of the molecule is COCCCCNC(C)c1cc(Cl)sc1Cl. The van der Waals surface area contributed by atoms with E-state index in [1.54, 1.807) is 7.11 Å². The molecule has 2 nitrogen and oxygen atoms in total. The molecule has 1 unspecified atom stereocenters. The van der Waals surface area contributed by atoms with Gasteiger partial charge in [-0.05, 0) is 37.9 Å². The van der Waals surface area contributed by atoms with E-state index in [-0.39, 0.29) is 6.04 Å². The van der Waals surface area contributed by atoms with E-state index in [0.717, 1.165) is 40.2 Å². The second-order valence-corrected chi connectivity index (χ2v) is 5.94. The van der Waals surface area contributed by atoms with Gasteiger partial charge >= 0.3 is 0 Å². The number of hydrogen-bond acceptors (Lipinski definition) is 3. The van der Waals surface area contributed by atoms with Crippen molar-refractivity contribution in [3.05, 3.63) is 20.3 Å². The molecule has 0 aliphatic heterocycles. The number of hydrogen-bond donors (Lipinski definition) is 1. The first-order valence-electron chi connectivity index (χ1n) is 5.32. The van der Waals surface area contributed by atoms with E-state index < -0.39 is 0 Å². The first kappa shape index (κ1) is 14.3. The lowest BCUT2D eigenvalue weighted by Crippen LogP contribution is -2.19. The molecule has 0 aliphatic carbocycles. The average Bonchev–Trinajstić information content (AvgIpc) is 2.57. The molecule has 0 aromatic carbocycles. The van der Waals surface area contributed by atoms with Crippen LogP contribution in [-0.4, -0.2) is 20.3 Å². The third kappa shape index (κ3) is 4.60. The molecule has 0 fully saturated rings. The highest BCUT2D eigenvalue weighted by atomic mass is 35.5. The van der Waals surface area contributed by atoms with Crippen LogP contribution in [0.4, 0.5) is 0 Å². The maximum atomic E-state index is 6.08. The van der Waals surface area contributed by atoms with Crippen molar-refractivity contribution in [3.63, 3.8) is 0 Å². The fourth-order valence-corrected chi connectivity index (χ4v) is 3.09. The lowest BCUT2D eigenvalue weighted by molar-refractivity contribution is 0.192. The van der Waals surface area contributed by atoms with Gasteiger partial charge in [-0.25, -0.2) is 0 Å². The highest BCUT2D eigenvalue weighted by Crippen LogP contribution is 2.34. The van der Waals surface area contributed by atoms with Crippen LogP contribution >= 0.6 is 34.5 Å². The Morgan fingerprint density at radius 3 is 2.75 bits per heavy atom. The summed E-state index contributed by atoms with van der Waals surface area (Å²) in [5, 5.41) is 3.42. The predicted molar refractivity (Wildman–Crippen MR) is 71.9 cm³/mol. The summed E-state index contributed by atoms with van der Waals surface area (Å²) >= 11 is 13.4. The van der Waals surface area contributed by atoms with E-state index in [4.69, 9.17) is 27.9 Å². The van der Waals surface area contributed by atoms with E-state index >= 15 is 0 Å². The molecule has 16 heavy (non-hydrogen) atoms. The Morgan fingerprint density at radius 1 is 1.44 bits per heavy atom. The maximum absolute atomic E-state index is 6.08. The molecule has 92 valence electrons. The molecule has 0 saturated heterocycles. The lowest BCUT2D eigenvalue weighted by atomic mass is 10.2. The third-order valence-corrected chi connectivity index (χ3v) is 3.89. The number of unbranched alkanes of at least 4 members (excludes halogenated alkanes) is 1. The van der Waals surface area contributed by atoms with Crippen molar-refractivity contribution >= 4 is 34.5 Å². The highest BCUT2D eigenvalue weighted by Gasteiger charge is 2.12. The van der Waals surface area contributed by atoms with Gasteiger partial charge in [0.1, 0.15) is 0 Å². The number of methoxy groups -OCH3 is 1. The molecule has 5 heteroatoms. The van der Waals surface area contributed by atoms with Crippen molar-refractivity contribution in [2.75, 3.05) is 20.3 Å². The molecule has 0 spiro atoms. The van der Waals surface area contributed by atoms with Crippen molar-refractivity contribution in [2.24, 2.45) is 0 Å². The van der Waals surface area contributed by atoms with Gasteiger partial charge in [-0.3, -0.25) is 0 Å². The third-order valence-electron chi connectivity index (χ3n) is 2.38. The molecule has 1 rings (SSSR count). The van der Waals surface area contributed by atoms with E-state index in [1.807, 2.05) is 6.07 Å². The normalized spacial score (nSPS) is 13.0. The van der Waals surface area contributed by atoms with Crippen LogP contribution in [0.15, 0.2) is 6.07 Å². The first-order chi connectivity index (χ1) is 7.65. The number of rotatable bonds is 7. The Hall–Kier alpha value is 0.200. The van der Waals surface area contributed by atoms with E-state index in [1.165, 1.54) is 11.3 Å². The Bertz CT molecular complexity index is 317. The monoisotopic (exact) mass is 281 g/mol. The Labute approximate surface area is 111 Å². The first-order valence-corrected chi connectivity index (χ1v) is 6.89. The fraction of sp³-hybridized carbons (Fsp3) is 0.636. The van der Waals surface area contributed by atoms with Gasteiger partial charge in [-0.2, -0.15) is 0 Å². The minimum atomic E-state index is 0.249. The molecule has 1 atom stereocenters. The molecule has 1 heterocycles. The van der Waals surface area contributed by atoms with Gasteiger partial charge in [0.05, 0.1) is 8.67 Å². The standard InChI is InChI=1S/C11H17Cl2NOS/c1-8(14-5-3-4-6-15-2)9-7-10(12)16-11(9)13/h7-8,14H,3-6H2,1-2H3. The van der Waals surface area contributed by atoms with Crippen molar-refractivity contribution in [1.82, 2.24) is 5.32 Å². The summed E-state index contributed by atoms with van der Waals surface area (Å²) in [6.07, 6.45) is 2.18. The summed E-state index contributed by atoms with van der Waals surface area (Å²) in [4.78, 5) is 0. The Morgan fingerprint density at radius 2 is 2.19 bits per heavy atom. The average molecular weight is 282 g/mol. The van der Waals surface area contributed by atoms with Crippen LogP contribution in [0.25, 0.3) is 0 Å². The molecular formula is C11H17Cl2NOS. The molecule has 0 amide bonds. The predicted octanol–water partition coefficient (Wildman–Crippen LogP) is 4.13. The van der Waals surface area contributed by atoms with E-state index in [2.05, 4.69) is 12.2 Å². The van der Waals surface area contributed by atoms with Gasteiger partial charge in [0.25, 0.3) is 0 Å². The van der Waals surface area contributed by atoms with Gasteiger partial charge in [0.15, 0.2) is 0 Å². The van der Waals surface area contributed by atoms with Crippen LogP contribution in [0.2, 0.25) is 8.67 Å². The smallest absolute Gasteiger partial charge is 0.0991 e. The van der Waals surface area contributed by atoms with Crippen LogP contribution in [0, 0.1) is 0 Å². The van der Waals surface area contributed by atoms with E-state index in [9.17, 15) is 0 Å². The zero-order valence-corrected chi connectivity index (χ0v) is 11.9. The molecular weight excluding hydrogens is 265 g/mol. The summed E-state index contributed by atoms with van der Waals surface area (Å²) < 4.78 is 6.51. The Balaban J connectivity index is 2.29. The Kier molecular flexibility index (Phi) is 6.70. The van der Waals surface area contributed by atoms with Crippen LogP contribution in [0.3, 0.4) is 0 Å². The molecule has 1 aromatic rings. The lowest BCUT2D eigenvalue weighted by Gasteiger charge is -2.12. The van der Waals surface area contributed by atoms with Gasteiger partial charge in [-0.1, -0.05) is 23.2 Å². The number of nitrogens with one attached hydrogen (secondary N) is 1. The zero-order chi connectivity index (χ0) is 12.0. The van der Waals surface area contributed by atoms with E-state index in [0.29, 0.717) is 0 Å². The topological polar surface area (TPSA) is 21.3 Å². The summed E-state index contributed by atoms with van der Waals surface area (Å²) in [5.74, 6) is 0. The highest BCUT2D eigenvalue weighted by molar-refractivity contribution is 7.20.